The summed E-state index contributed by atoms with van der Waals surface area (Å²) in [6.07, 6.45) is 1.67. The lowest BCUT2D eigenvalue weighted by atomic mass is 9.99. The van der Waals surface area contributed by atoms with Gasteiger partial charge >= 0.3 is 0 Å². The van der Waals surface area contributed by atoms with Gasteiger partial charge in [-0.2, -0.15) is 0 Å². The third kappa shape index (κ3) is 2.46. The van der Waals surface area contributed by atoms with E-state index < -0.39 is 0 Å². The monoisotopic (exact) mass is 333 g/mol. The summed E-state index contributed by atoms with van der Waals surface area (Å²) >= 11 is 0. The maximum atomic E-state index is 13.2. The number of hydrogen-bond acceptors (Lipinski definition) is 2. The predicted octanol–water partition coefficient (Wildman–Crippen LogP) is 4.32. The van der Waals surface area contributed by atoms with E-state index >= 15 is 0 Å². The van der Waals surface area contributed by atoms with Gasteiger partial charge in [0, 0.05) is 30.0 Å². The Labute approximate surface area is 147 Å². The molecule has 0 saturated heterocycles. The van der Waals surface area contributed by atoms with Crippen molar-refractivity contribution in [1.82, 2.24) is 4.57 Å². The predicted molar refractivity (Wildman–Crippen MR) is 103 cm³/mol. The SMILES string of the molecule is COc1ccc2c(c1)Cc1c-2n(C)c2ccc(CC(C)C)cc2c1=O. The lowest BCUT2D eigenvalue weighted by Gasteiger charge is -2.14. The quantitative estimate of drug-likeness (QED) is 0.559. The molecule has 1 aromatic heterocycles. The second-order valence-corrected chi connectivity index (χ2v) is 7.36. The van der Waals surface area contributed by atoms with Crippen LogP contribution >= 0.6 is 0 Å². The molecule has 0 spiro atoms. The van der Waals surface area contributed by atoms with Crippen LogP contribution in [0.3, 0.4) is 0 Å². The molecule has 1 heterocycles. The number of hydrogen-bond donors (Lipinski definition) is 0. The molecule has 0 bridgehead atoms. The highest BCUT2D eigenvalue weighted by molar-refractivity contribution is 5.87. The van der Waals surface area contributed by atoms with E-state index in [1.54, 1.807) is 7.11 Å². The topological polar surface area (TPSA) is 31.2 Å². The van der Waals surface area contributed by atoms with Gasteiger partial charge in [0.05, 0.1) is 18.3 Å². The first kappa shape index (κ1) is 15.9. The van der Waals surface area contributed by atoms with E-state index in [4.69, 9.17) is 4.74 Å². The highest BCUT2D eigenvalue weighted by Gasteiger charge is 2.25. The van der Waals surface area contributed by atoms with Crippen LogP contribution in [0.5, 0.6) is 5.75 Å². The highest BCUT2D eigenvalue weighted by Crippen LogP contribution is 2.38. The van der Waals surface area contributed by atoms with E-state index in [1.807, 2.05) is 12.1 Å². The van der Waals surface area contributed by atoms with Crippen LogP contribution in [0.25, 0.3) is 22.2 Å². The molecule has 0 atom stereocenters. The fourth-order valence-electron chi connectivity index (χ4n) is 4.02. The first-order chi connectivity index (χ1) is 12.0. The van der Waals surface area contributed by atoms with Gasteiger partial charge in [-0.15, -0.1) is 0 Å². The Morgan fingerprint density at radius 2 is 1.96 bits per heavy atom. The molecular formula is C22H23NO2. The number of nitrogens with zero attached hydrogens (tertiary/aromatic N) is 1. The minimum Gasteiger partial charge on any atom is -0.497 e. The molecule has 2 aromatic carbocycles. The fourth-order valence-corrected chi connectivity index (χ4v) is 4.02. The maximum Gasteiger partial charge on any atom is 0.193 e. The second-order valence-electron chi connectivity index (χ2n) is 7.36. The van der Waals surface area contributed by atoms with E-state index in [2.05, 4.69) is 49.7 Å². The van der Waals surface area contributed by atoms with Crippen molar-refractivity contribution in [3.05, 3.63) is 63.3 Å². The number of aromatic nitrogens is 1. The Hall–Kier alpha value is -2.55. The molecule has 0 radical (unpaired) electrons. The zero-order chi connectivity index (χ0) is 17.7. The van der Waals surface area contributed by atoms with Crippen molar-refractivity contribution in [2.24, 2.45) is 13.0 Å². The number of ether oxygens (including phenoxy) is 1. The number of fused-ring (bicyclic) bond motifs is 4. The van der Waals surface area contributed by atoms with Gasteiger partial charge in [0.15, 0.2) is 5.43 Å². The molecule has 3 nitrogen and oxygen atoms in total. The minimum atomic E-state index is 0.170. The molecule has 1 aliphatic carbocycles. The number of methoxy groups -OCH3 is 1. The van der Waals surface area contributed by atoms with Gasteiger partial charge in [0.2, 0.25) is 0 Å². The van der Waals surface area contributed by atoms with Gasteiger partial charge in [-0.05, 0) is 53.8 Å². The molecule has 3 heteroatoms. The van der Waals surface area contributed by atoms with Crippen molar-refractivity contribution in [3.8, 4) is 17.0 Å². The standard InChI is InChI=1S/C22H23NO2/c1-13(2)9-14-5-8-20-18(10-14)22(24)19-12-15-11-16(25-4)6-7-17(15)21(19)23(20)3/h5-8,10-11,13H,9,12H2,1-4H3. The molecule has 128 valence electrons. The van der Waals surface area contributed by atoms with Crippen LogP contribution in [0.15, 0.2) is 41.2 Å². The number of benzene rings is 2. The van der Waals surface area contributed by atoms with Crippen LogP contribution in [-0.4, -0.2) is 11.7 Å². The lowest BCUT2D eigenvalue weighted by Crippen LogP contribution is -2.14. The highest BCUT2D eigenvalue weighted by atomic mass is 16.5. The molecule has 0 amide bonds. The van der Waals surface area contributed by atoms with Crippen LogP contribution in [0.2, 0.25) is 0 Å². The Kier molecular flexibility index (Phi) is 3.68. The maximum absolute atomic E-state index is 13.2. The summed E-state index contributed by atoms with van der Waals surface area (Å²) < 4.78 is 7.51. The molecule has 0 fully saturated rings. The van der Waals surface area contributed by atoms with Crippen molar-refractivity contribution in [1.29, 1.82) is 0 Å². The van der Waals surface area contributed by atoms with Crippen LogP contribution in [0.4, 0.5) is 0 Å². The van der Waals surface area contributed by atoms with Crippen LogP contribution in [0.1, 0.15) is 30.5 Å². The molecule has 4 rings (SSSR count). The summed E-state index contributed by atoms with van der Waals surface area (Å²) in [5.41, 5.74) is 6.66. The van der Waals surface area contributed by atoms with Crippen LogP contribution in [0, 0.1) is 5.92 Å². The van der Waals surface area contributed by atoms with E-state index in [-0.39, 0.29) is 5.43 Å². The fraction of sp³-hybridized carbons (Fsp3) is 0.318. The third-order valence-corrected chi connectivity index (χ3v) is 5.14. The lowest BCUT2D eigenvalue weighted by molar-refractivity contribution is 0.414. The van der Waals surface area contributed by atoms with Gasteiger partial charge in [0.1, 0.15) is 5.75 Å². The average molecular weight is 333 g/mol. The molecule has 0 saturated carbocycles. The van der Waals surface area contributed by atoms with E-state index in [0.717, 1.165) is 39.9 Å². The van der Waals surface area contributed by atoms with Crippen molar-refractivity contribution < 1.29 is 4.74 Å². The van der Waals surface area contributed by atoms with E-state index in [1.165, 1.54) is 11.1 Å². The molecule has 0 aliphatic heterocycles. The van der Waals surface area contributed by atoms with Gasteiger partial charge in [0.25, 0.3) is 0 Å². The van der Waals surface area contributed by atoms with Crippen molar-refractivity contribution in [2.75, 3.05) is 7.11 Å². The Morgan fingerprint density at radius 1 is 1.16 bits per heavy atom. The van der Waals surface area contributed by atoms with Crippen molar-refractivity contribution in [2.45, 2.75) is 26.7 Å². The molecule has 0 unspecified atom stereocenters. The molecular weight excluding hydrogens is 310 g/mol. The summed E-state index contributed by atoms with van der Waals surface area (Å²) in [7, 11) is 3.73. The minimum absolute atomic E-state index is 0.170. The van der Waals surface area contributed by atoms with E-state index in [0.29, 0.717) is 12.3 Å². The number of rotatable bonds is 3. The Balaban J connectivity index is 1.96. The summed E-state index contributed by atoms with van der Waals surface area (Å²) in [5, 5.41) is 0.833. The van der Waals surface area contributed by atoms with Crippen LogP contribution in [-0.2, 0) is 19.9 Å². The summed E-state index contributed by atoms with van der Waals surface area (Å²) in [5.74, 6) is 1.41. The summed E-state index contributed by atoms with van der Waals surface area (Å²) in [6, 6.07) is 12.4. The van der Waals surface area contributed by atoms with Crippen molar-refractivity contribution in [3.63, 3.8) is 0 Å². The van der Waals surface area contributed by atoms with Gasteiger partial charge in [-0.1, -0.05) is 19.9 Å². The van der Waals surface area contributed by atoms with Crippen LogP contribution < -0.4 is 10.2 Å². The van der Waals surface area contributed by atoms with Gasteiger partial charge < -0.3 is 9.30 Å². The first-order valence-electron chi connectivity index (χ1n) is 8.81. The third-order valence-electron chi connectivity index (χ3n) is 5.14. The molecule has 1 aliphatic rings. The zero-order valence-electron chi connectivity index (χ0n) is 15.2. The molecule has 25 heavy (non-hydrogen) atoms. The number of aryl methyl sites for hydroxylation is 1. The Bertz CT molecular complexity index is 1040. The first-order valence-corrected chi connectivity index (χ1v) is 8.81. The molecule has 3 aromatic rings. The summed E-state index contributed by atoms with van der Waals surface area (Å²) in [4.78, 5) is 13.2. The smallest absolute Gasteiger partial charge is 0.193 e. The van der Waals surface area contributed by atoms with E-state index in [9.17, 15) is 4.79 Å². The van der Waals surface area contributed by atoms with Crippen molar-refractivity contribution >= 4 is 10.9 Å². The summed E-state index contributed by atoms with van der Waals surface area (Å²) in [6.45, 7) is 4.41. The average Bonchev–Trinajstić information content (AvgIpc) is 2.98. The van der Waals surface area contributed by atoms with Gasteiger partial charge in [-0.25, -0.2) is 0 Å². The Morgan fingerprint density at radius 3 is 2.68 bits per heavy atom. The largest absolute Gasteiger partial charge is 0.497 e. The second kappa shape index (κ2) is 5.76. The normalized spacial score (nSPS) is 12.5. The van der Waals surface area contributed by atoms with Gasteiger partial charge in [-0.3, -0.25) is 4.79 Å². The number of pyridine rings is 1. The molecule has 0 N–H and O–H groups in total. The zero-order valence-corrected chi connectivity index (χ0v) is 15.2.